The van der Waals surface area contributed by atoms with Gasteiger partial charge in [-0.05, 0) is 81.1 Å². The lowest BCUT2D eigenvalue weighted by Gasteiger charge is -2.26. The number of imide groups is 1. The van der Waals surface area contributed by atoms with Gasteiger partial charge in [-0.3, -0.25) is 19.5 Å². The fraction of sp³-hybridized carbons (Fsp3) is 0.458. The van der Waals surface area contributed by atoms with Gasteiger partial charge in [-0.1, -0.05) is 11.6 Å². The molecule has 0 radical (unpaired) electrons. The molecule has 1 N–H and O–H groups in total. The van der Waals surface area contributed by atoms with Crippen LogP contribution in [0.25, 0.3) is 11.1 Å². The van der Waals surface area contributed by atoms with Crippen molar-refractivity contribution in [2.24, 2.45) is 0 Å². The second-order valence-corrected chi connectivity index (χ2v) is 8.68. The highest BCUT2D eigenvalue weighted by atomic mass is 35.5. The Morgan fingerprint density at radius 1 is 1.16 bits per heavy atom. The van der Waals surface area contributed by atoms with E-state index in [4.69, 9.17) is 16.3 Å². The van der Waals surface area contributed by atoms with Gasteiger partial charge in [-0.15, -0.1) is 0 Å². The van der Waals surface area contributed by atoms with Crippen molar-refractivity contribution in [3.8, 4) is 16.9 Å². The van der Waals surface area contributed by atoms with Gasteiger partial charge in [0.25, 0.3) is 0 Å². The minimum Gasteiger partial charge on any atom is -0.489 e. The molecule has 2 aromatic rings. The number of nitrogens with one attached hydrogen (secondary N) is 1. The molecule has 31 heavy (non-hydrogen) atoms. The standard InChI is InChI=1S/C24H28ClN3O3/c1-16-13-18(25)15-21(24(16)31-20-7-9-26-10-8-20)17-6-11-27-19(14-17)3-2-12-28-22(29)4-5-23(28)30/h6,11,13-15,20,26H,2-5,7-10,12H2,1H3. The summed E-state index contributed by atoms with van der Waals surface area (Å²) >= 11 is 6.39. The molecule has 1 aromatic carbocycles. The number of likely N-dealkylation sites (tertiary alicyclic amines) is 1. The van der Waals surface area contributed by atoms with E-state index < -0.39 is 0 Å². The first-order chi connectivity index (χ1) is 15.0. The van der Waals surface area contributed by atoms with Crippen LogP contribution in [0.3, 0.4) is 0 Å². The number of nitrogens with zero attached hydrogens (tertiary/aromatic N) is 2. The van der Waals surface area contributed by atoms with E-state index >= 15 is 0 Å². The molecular weight excluding hydrogens is 414 g/mol. The van der Waals surface area contributed by atoms with Crippen LogP contribution in [0.15, 0.2) is 30.5 Å². The Bertz CT molecular complexity index is 957. The Hall–Kier alpha value is -2.44. The number of aryl methyl sites for hydroxylation is 2. The van der Waals surface area contributed by atoms with Gasteiger partial charge in [0.15, 0.2) is 0 Å². The van der Waals surface area contributed by atoms with Crippen molar-refractivity contribution in [1.29, 1.82) is 0 Å². The molecule has 1 aromatic heterocycles. The topological polar surface area (TPSA) is 71.5 Å². The third-order valence-corrected chi connectivity index (χ3v) is 6.13. The molecule has 0 saturated carbocycles. The number of aromatic nitrogens is 1. The number of rotatable bonds is 7. The monoisotopic (exact) mass is 441 g/mol. The number of halogens is 1. The van der Waals surface area contributed by atoms with E-state index in [1.807, 2.05) is 31.2 Å². The van der Waals surface area contributed by atoms with Crippen LogP contribution in [0.5, 0.6) is 5.75 Å². The number of benzene rings is 1. The van der Waals surface area contributed by atoms with E-state index in [0.29, 0.717) is 37.3 Å². The van der Waals surface area contributed by atoms with Gasteiger partial charge < -0.3 is 10.1 Å². The smallest absolute Gasteiger partial charge is 0.229 e. The van der Waals surface area contributed by atoms with E-state index in [2.05, 4.69) is 10.3 Å². The average molecular weight is 442 g/mol. The van der Waals surface area contributed by atoms with Crippen LogP contribution in [0, 0.1) is 6.92 Å². The van der Waals surface area contributed by atoms with Crippen LogP contribution in [-0.4, -0.2) is 47.4 Å². The van der Waals surface area contributed by atoms with Crippen molar-refractivity contribution in [1.82, 2.24) is 15.2 Å². The number of carbonyl (C=O) groups is 2. The third-order valence-electron chi connectivity index (χ3n) is 5.91. The largest absolute Gasteiger partial charge is 0.489 e. The zero-order valence-corrected chi connectivity index (χ0v) is 18.6. The van der Waals surface area contributed by atoms with Gasteiger partial charge in [-0.25, -0.2) is 0 Å². The number of ether oxygens (including phenoxy) is 1. The second-order valence-electron chi connectivity index (χ2n) is 8.25. The van der Waals surface area contributed by atoms with Crippen molar-refractivity contribution in [2.75, 3.05) is 19.6 Å². The highest BCUT2D eigenvalue weighted by Gasteiger charge is 2.28. The summed E-state index contributed by atoms with van der Waals surface area (Å²) in [7, 11) is 0. The van der Waals surface area contributed by atoms with Crippen LogP contribution in [0.1, 0.15) is 43.4 Å². The first kappa shape index (κ1) is 21.8. The van der Waals surface area contributed by atoms with Crippen molar-refractivity contribution < 1.29 is 14.3 Å². The van der Waals surface area contributed by atoms with Crippen LogP contribution in [0.2, 0.25) is 5.02 Å². The van der Waals surface area contributed by atoms with Crippen LogP contribution >= 0.6 is 11.6 Å². The molecule has 4 rings (SSSR count). The zero-order valence-electron chi connectivity index (χ0n) is 17.8. The molecule has 0 spiro atoms. The van der Waals surface area contributed by atoms with Gasteiger partial charge in [-0.2, -0.15) is 0 Å². The molecule has 7 heteroatoms. The summed E-state index contributed by atoms with van der Waals surface area (Å²) < 4.78 is 6.44. The maximum atomic E-state index is 11.8. The first-order valence-corrected chi connectivity index (χ1v) is 11.3. The average Bonchev–Trinajstić information content (AvgIpc) is 3.08. The summed E-state index contributed by atoms with van der Waals surface area (Å²) in [5.41, 5.74) is 3.91. The molecule has 164 valence electrons. The van der Waals surface area contributed by atoms with E-state index in [-0.39, 0.29) is 17.9 Å². The highest BCUT2D eigenvalue weighted by molar-refractivity contribution is 6.31. The molecule has 0 aliphatic carbocycles. The number of piperidine rings is 1. The van der Waals surface area contributed by atoms with Gasteiger partial charge >= 0.3 is 0 Å². The maximum Gasteiger partial charge on any atom is 0.229 e. The second kappa shape index (κ2) is 9.79. The number of hydrogen-bond donors (Lipinski definition) is 1. The van der Waals surface area contributed by atoms with E-state index in [9.17, 15) is 9.59 Å². The molecular formula is C24H28ClN3O3. The molecule has 6 nitrogen and oxygen atoms in total. The van der Waals surface area contributed by atoms with E-state index in [1.54, 1.807) is 6.20 Å². The van der Waals surface area contributed by atoms with E-state index in [1.165, 1.54) is 4.90 Å². The Kier molecular flexibility index (Phi) is 6.88. The number of pyridine rings is 1. The predicted octanol–water partition coefficient (Wildman–Crippen LogP) is 3.92. The normalized spacial score (nSPS) is 17.4. The summed E-state index contributed by atoms with van der Waals surface area (Å²) in [6.45, 7) is 4.41. The van der Waals surface area contributed by atoms with Gasteiger partial charge in [0.2, 0.25) is 11.8 Å². The molecule has 2 fully saturated rings. The zero-order chi connectivity index (χ0) is 21.8. The molecule has 2 aliphatic heterocycles. The molecule has 2 aliphatic rings. The van der Waals surface area contributed by atoms with Gasteiger partial charge in [0.1, 0.15) is 11.9 Å². The summed E-state index contributed by atoms with van der Waals surface area (Å²) in [5.74, 6) is 0.739. The summed E-state index contributed by atoms with van der Waals surface area (Å²) in [4.78, 5) is 29.4. The lowest BCUT2D eigenvalue weighted by Crippen LogP contribution is -2.34. The highest BCUT2D eigenvalue weighted by Crippen LogP contribution is 2.37. The number of hydrogen-bond acceptors (Lipinski definition) is 5. The molecule has 0 unspecified atom stereocenters. The van der Waals surface area contributed by atoms with Crippen LogP contribution < -0.4 is 10.1 Å². The molecule has 3 heterocycles. The Balaban J connectivity index is 1.51. The SMILES string of the molecule is Cc1cc(Cl)cc(-c2ccnc(CCCN3C(=O)CCC3=O)c2)c1OC1CCNCC1. The Morgan fingerprint density at radius 2 is 1.90 bits per heavy atom. The fourth-order valence-corrected chi connectivity index (χ4v) is 4.53. The summed E-state index contributed by atoms with van der Waals surface area (Å²) in [6.07, 6.45) is 6.00. The third kappa shape index (κ3) is 5.25. The van der Waals surface area contributed by atoms with Gasteiger partial charge in [0.05, 0.1) is 0 Å². The van der Waals surface area contributed by atoms with Crippen molar-refractivity contribution in [3.05, 3.63) is 46.7 Å². The molecule has 2 saturated heterocycles. The minimum atomic E-state index is -0.0687. The van der Waals surface area contributed by atoms with Crippen LogP contribution in [0.4, 0.5) is 0 Å². The Morgan fingerprint density at radius 3 is 2.65 bits per heavy atom. The lowest BCUT2D eigenvalue weighted by atomic mass is 10.0. The fourth-order valence-electron chi connectivity index (χ4n) is 4.25. The summed E-state index contributed by atoms with van der Waals surface area (Å²) in [5, 5.41) is 4.04. The quantitative estimate of drug-likeness (QED) is 0.659. The van der Waals surface area contributed by atoms with E-state index in [0.717, 1.165) is 54.1 Å². The van der Waals surface area contributed by atoms with Crippen LogP contribution in [-0.2, 0) is 16.0 Å². The number of amides is 2. The number of carbonyl (C=O) groups excluding carboxylic acids is 2. The first-order valence-electron chi connectivity index (χ1n) is 11.0. The van der Waals surface area contributed by atoms with Crippen molar-refractivity contribution >= 4 is 23.4 Å². The maximum absolute atomic E-state index is 11.8. The van der Waals surface area contributed by atoms with Crippen molar-refractivity contribution in [2.45, 2.75) is 51.6 Å². The molecule has 2 amide bonds. The summed E-state index contributed by atoms with van der Waals surface area (Å²) in [6, 6.07) is 7.91. The minimum absolute atomic E-state index is 0.0687. The Labute approximate surface area is 187 Å². The molecule has 0 atom stereocenters. The van der Waals surface area contributed by atoms with Crippen molar-refractivity contribution in [3.63, 3.8) is 0 Å². The lowest BCUT2D eigenvalue weighted by molar-refractivity contribution is -0.138. The molecule has 0 bridgehead atoms. The van der Waals surface area contributed by atoms with Gasteiger partial charge in [0, 0.05) is 41.9 Å². The predicted molar refractivity (Wildman–Crippen MR) is 120 cm³/mol.